The number of allylic oxidation sites excluding steroid dienone is 1. The van der Waals surface area contributed by atoms with Crippen LogP contribution in [-0.4, -0.2) is 31.0 Å². The normalized spacial score (nSPS) is 12.1. The summed E-state index contributed by atoms with van der Waals surface area (Å²) >= 11 is 0. The van der Waals surface area contributed by atoms with Crippen LogP contribution in [0.4, 0.5) is 0 Å². The Balaban J connectivity index is 3.48. The van der Waals surface area contributed by atoms with Crippen molar-refractivity contribution >= 4 is 15.8 Å². The molecule has 0 bridgehead atoms. The average Bonchev–Trinajstić information content (AvgIpc) is 2.24. The van der Waals surface area contributed by atoms with Gasteiger partial charge in [-0.2, -0.15) is 0 Å². The predicted molar refractivity (Wildman–Crippen MR) is 68.8 cm³/mol. The van der Waals surface area contributed by atoms with Crippen molar-refractivity contribution in [2.45, 2.75) is 45.4 Å². The van der Waals surface area contributed by atoms with Crippen LogP contribution >= 0.6 is 0 Å². The van der Waals surface area contributed by atoms with Crippen LogP contribution in [0.25, 0.3) is 0 Å². The van der Waals surface area contributed by atoms with E-state index in [0.717, 1.165) is 19.3 Å². The molecule has 0 atom stereocenters. The first-order valence-corrected chi connectivity index (χ1v) is 7.83. The number of rotatable bonds is 10. The second kappa shape index (κ2) is 9.22. The summed E-state index contributed by atoms with van der Waals surface area (Å²) in [5, 5.41) is 8.42. The van der Waals surface area contributed by atoms with Crippen LogP contribution in [0.2, 0.25) is 0 Å². The van der Waals surface area contributed by atoms with Crippen LogP contribution in [-0.2, 0) is 14.6 Å². The largest absolute Gasteiger partial charge is 0.481 e. The fraction of sp³-hybridized carbons (Fsp3) is 0.750. The van der Waals surface area contributed by atoms with Crippen LogP contribution in [0.3, 0.4) is 0 Å². The van der Waals surface area contributed by atoms with Crippen LogP contribution in [0, 0.1) is 0 Å². The van der Waals surface area contributed by atoms with E-state index in [-0.39, 0.29) is 17.9 Å². The van der Waals surface area contributed by atoms with Crippen molar-refractivity contribution in [3.8, 4) is 0 Å². The van der Waals surface area contributed by atoms with Gasteiger partial charge in [0.2, 0.25) is 0 Å². The molecule has 0 unspecified atom stereocenters. The Bertz CT molecular complexity index is 330. The first kappa shape index (κ1) is 16.2. The lowest BCUT2D eigenvalue weighted by Gasteiger charge is -2.01. The highest BCUT2D eigenvalue weighted by atomic mass is 32.2. The van der Waals surface area contributed by atoms with E-state index in [2.05, 4.69) is 0 Å². The van der Waals surface area contributed by atoms with E-state index in [1.807, 2.05) is 0 Å². The molecular formula is C12H22O4S. The van der Waals surface area contributed by atoms with Gasteiger partial charge in [0.05, 0.1) is 11.5 Å². The molecule has 5 heteroatoms. The van der Waals surface area contributed by atoms with E-state index < -0.39 is 15.8 Å². The van der Waals surface area contributed by atoms with Gasteiger partial charge in [0.1, 0.15) is 0 Å². The lowest BCUT2D eigenvalue weighted by atomic mass is 10.1. The van der Waals surface area contributed by atoms with Crippen molar-refractivity contribution in [1.82, 2.24) is 0 Å². The van der Waals surface area contributed by atoms with Gasteiger partial charge < -0.3 is 5.11 Å². The first-order chi connectivity index (χ1) is 7.98. The van der Waals surface area contributed by atoms with Crippen molar-refractivity contribution in [1.29, 1.82) is 0 Å². The number of carboxylic acids is 1. The molecule has 0 heterocycles. The Morgan fingerprint density at radius 2 is 1.71 bits per heavy atom. The molecule has 0 fully saturated rings. The highest BCUT2D eigenvalue weighted by molar-refractivity contribution is 7.91. The smallest absolute Gasteiger partial charge is 0.303 e. The topological polar surface area (TPSA) is 71.4 Å². The molecule has 0 radical (unpaired) electrons. The second-order valence-electron chi connectivity index (χ2n) is 4.09. The van der Waals surface area contributed by atoms with Gasteiger partial charge in [0.25, 0.3) is 0 Å². The zero-order valence-electron chi connectivity index (χ0n) is 10.4. The van der Waals surface area contributed by atoms with Gasteiger partial charge in [0, 0.05) is 6.42 Å². The fourth-order valence-corrected chi connectivity index (χ4v) is 2.75. The highest BCUT2D eigenvalue weighted by Crippen LogP contribution is 2.07. The number of carboxylic acid groups (broad SMARTS) is 1. The Morgan fingerprint density at radius 3 is 2.29 bits per heavy atom. The average molecular weight is 262 g/mol. The minimum atomic E-state index is -2.93. The zero-order chi connectivity index (χ0) is 13.1. The third-order valence-corrected chi connectivity index (χ3v) is 4.04. The molecule has 1 N–H and O–H groups in total. The maximum Gasteiger partial charge on any atom is 0.303 e. The Labute approximate surface area is 104 Å². The van der Waals surface area contributed by atoms with Crippen molar-refractivity contribution < 1.29 is 18.3 Å². The number of sulfone groups is 1. The van der Waals surface area contributed by atoms with Gasteiger partial charge in [-0.3, -0.25) is 4.79 Å². The second-order valence-corrected chi connectivity index (χ2v) is 6.32. The number of aliphatic carboxylic acids is 1. The summed E-state index contributed by atoms with van der Waals surface area (Å²) in [6, 6.07) is 0. The molecule has 0 saturated heterocycles. The van der Waals surface area contributed by atoms with E-state index in [9.17, 15) is 13.2 Å². The van der Waals surface area contributed by atoms with E-state index in [1.165, 1.54) is 0 Å². The molecule has 0 aromatic heterocycles. The summed E-state index contributed by atoms with van der Waals surface area (Å²) in [5.41, 5.74) is 0. The van der Waals surface area contributed by atoms with Gasteiger partial charge in [-0.25, -0.2) is 8.42 Å². The van der Waals surface area contributed by atoms with Gasteiger partial charge in [-0.15, -0.1) is 0 Å². The molecule has 100 valence electrons. The van der Waals surface area contributed by atoms with Gasteiger partial charge >= 0.3 is 5.97 Å². The van der Waals surface area contributed by atoms with Crippen LogP contribution < -0.4 is 0 Å². The molecule has 0 aliphatic carbocycles. The summed E-state index contributed by atoms with van der Waals surface area (Å²) in [6.45, 7) is 1.80. The van der Waals surface area contributed by atoms with Gasteiger partial charge in [-0.05, 0) is 19.8 Å². The molecular weight excluding hydrogens is 240 g/mol. The number of hydrogen-bond donors (Lipinski definition) is 1. The van der Waals surface area contributed by atoms with E-state index in [4.69, 9.17) is 5.11 Å². The van der Waals surface area contributed by atoms with Crippen molar-refractivity contribution in [3.63, 3.8) is 0 Å². The molecule has 0 rings (SSSR count). The quantitative estimate of drug-likeness (QED) is 0.485. The molecule has 0 aromatic rings. The summed E-state index contributed by atoms with van der Waals surface area (Å²) in [5.74, 6) is -0.405. The van der Waals surface area contributed by atoms with Crippen molar-refractivity contribution in [3.05, 3.63) is 12.2 Å². The van der Waals surface area contributed by atoms with E-state index in [1.54, 1.807) is 19.1 Å². The fourth-order valence-electron chi connectivity index (χ4n) is 1.45. The molecule has 0 aliphatic rings. The third kappa shape index (κ3) is 11.4. The minimum Gasteiger partial charge on any atom is -0.481 e. The van der Waals surface area contributed by atoms with E-state index >= 15 is 0 Å². The van der Waals surface area contributed by atoms with Crippen LogP contribution in [0.15, 0.2) is 12.2 Å². The Kier molecular flexibility index (Phi) is 8.76. The molecule has 17 heavy (non-hydrogen) atoms. The number of unbranched alkanes of at least 4 members (excludes halogenated alkanes) is 4. The van der Waals surface area contributed by atoms with Crippen molar-refractivity contribution in [2.24, 2.45) is 0 Å². The van der Waals surface area contributed by atoms with Gasteiger partial charge in [0.15, 0.2) is 9.84 Å². The maximum absolute atomic E-state index is 11.4. The predicted octanol–water partition coefficient (Wildman–Crippen LogP) is 2.40. The lowest BCUT2D eigenvalue weighted by Crippen LogP contribution is -2.09. The first-order valence-electron chi connectivity index (χ1n) is 6.01. The van der Waals surface area contributed by atoms with Crippen LogP contribution in [0.5, 0.6) is 0 Å². The zero-order valence-corrected chi connectivity index (χ0v) is 11.2. The molecule has 0 aliphatic heterocycles. The van der Waals surface area contributed by atoms with E-state index in [0.29, 0.717) is 12.8 Å². The van der Waals surface area contributed by atoms with Crippen LogP contribution in [0.1, 0.15) is 45.4 Å². The Hall–Kier alpha value is -0.840. The number of hydrogen-bond acceptors (Lipinski definition) is 3. The molecule has 0 spiro atoms. The van der Waals surface area contributed by atoms with Gasteiger partial charge in [-0.1, -0.05) is 31.4 Å². The SMILES string of the molecule is CC=CCS(=O)(=O)CCCCCCCC(=O)O. The highest BCUT2D eigenvalue weighted by Gasteiger charge is 2.07. The molecule has 0 amide bonds. The molecule has 4 nitrogen and oxygen atoms in total. The summed E-state index contributed by atoms with van der Waals surface area (Å²) in [7, 11) is -2.93. The summed E-state index contributed by atoms with van der Waals surface area (Å²) in [6.07, 6.45) is 7.58. The summed E-state index contributed by atoms with van der Waals surface area (Å²) in [4.78, 5) is 10.2. The lowest BCUT2D eigenvalue weighted by molar-refractivity contribution is -0.137. The third-order valence-electron chi connectivity index (χ3n) is 2.43. The number of carbonyl (C=O) groups is 1. The standard InChI is InChI=1S/C12H22O4S/c1-2-3-10-17(15,16)11-8-6-4-5-7-9-12(13)14/h2-3H,4-11H2,1H3,(H,13,14). The monoisotopic (exact) mass is 262 g/mol. The minimum absolute atomic E-state index is 0.127. The Morgan fingerprint density at radius 1 is 1.12 bits per heavy atom. The molecule has 0 aromatic carbocycles. The molecule has 0 saturated carbocycles. The summed E-state index contributed by atoms with van der Waals surface area (Å²) < 4.78 is 22.9. The van der Waals surface area contributed by atoms with Crippen molar-refractivity contribution in [2.75, 3.05) is 11.5 Å². The maximum atomic E-state index is 11.4.